The van der Waals surface area contributed by atoms with E-state index in [1.54, 1.807) is 6.07 Å². The quantitative estimate of drug-likeness (QED) is 0.813. The number of hydrogen-bond donors (Lipinski definition) is 0. The molecule has 2 aromatic carbocycles. The van der Waals surface area contributed by atoms with E-state index in [9.17, 15) is 9.59 Å². The normalized spacial score (nSPS) is 10.2. The number of hydrogen-bond acceptors (Lipinski definition) is 4. The van der Waals surface area contributed by atoms with Crippen molar-refractivity contribution in [2.24, 2.45) is 0 Å². The number of benzene rings is 2. The fourth-order valence-electron chi connectivity index (χ4n) is 2.40. The van der Waals surface area contributed by atoms with E-state index in [1.165, 1.54) is 14.2 Å². The zero-order valence-corrected chi connectivity index (χ0v) is 13.1. The summed E-state index contributed by atoms with van der Waals surface area (Å²) in [7, 11) is 2.70. The molecule has 0 saturated carbocycles. The summed E-state index contributed by atoms with van der Waals surface area (Å²) >= 11 is 0. The molecule has 0 heterocycles. The van der Waals surface area contributed by atoms with Gasteiger partial charge in [0, 0.05) is 0 Å². The molecule has 0 fully saturated rings. The van der Waals surface area contributed by atoms with E-state index in [1.807, 2.05) is 44.2 Å². The van der Waals surface area contributed by atoms with Crippen LogP contribution in [0, 0.1) is 13.8 Å². The van der Waals surface area contributed by atoms with Crippen molar-refractivity contribution in [1.82, 2.24) is 0 Å². The molecule has 22 heavy (non-hydrogen) atoms. The Kier molecular flexibility index (Phi) is 4.61. The molecule has 0 unspecified atom stereocenters. The average molecular weight is 298 g/mol. The van der Waals surface area contributed by atoms with E-state index in [0.29, 0.717) is 11.1 Å². The van der Waals surface area contributed by atoms with Gasteiger partial charge in [0.15, 0.2) is 0 Å². The molecular weight excluding hydrogens is 280 g/mol. The molecule has 0 radical (unpaired) electrons. The fourth-order valence-corrected chi connectivity index (χ4v) is 2.40. The van der Waals surface area contributed by atoms with Crippen LogP contribution < -0.4 is 0 Å². The molecular formula is C18H18O4. The molecule has 0 spiro atoms. The van der Waals surface area contributed by atoms with Crippen LogP contribution in [0.3, 0.4) is 0 Å². The van der Waals surface area contributed by atoms with Crippen LogP contribution in [-0.4, -0.2) is 26.2 Å². The second-order valence-electron chi connectivity index (χ2n) is 5.01. The first-order valence-electron chi connectivity index (χ1n) is 6.87. The van der Waals surface area contributed by atoms with Crippen molar-refractivity contribution in [2.75, 3.05) is 14.2 Å². The molecule has 0 saturated heterocycles. The van der Waals surface area contributed by atoms with Crippen molar-refractivity contribution < 1.29 is 19.1 Å². The third kappa shape index (κ3) is 2.86. The molecule has 0 atom stereocenters. The number of aryl methyl sites for hydroxylation is 2. The average Bonchev–Trinajstić information content (AvgIpc) is 2.53. The summed E-state index contributed by atoms with van der Waals surface area (Å²) in [4.78, 5) is 23.9. The molecule has 0 aliphatic carbocycles. The molecule has 4 nitrogen and oxygen atoms in total. The summed E-state index contributed by atoms with van der Waals surface area (Å²) in [6.07, 6.45) is 0. The van der Waals surface area contributed by atoms with Gasteiger partial charge in [0.05, 0.1) is 25.3 Å². The second kappa shape index (κ2) is 6.43. The van der Waals surface area contributed by atoms with Crippen molar-refractivity contribution >= 4 is 11.9 Å². The Morgan fingerprint density at radius 2 is 1.55 bits per heavy atom. The van der Waals surface area contributed by atoms with Crippen LogP contribution in [0.15, 0.2) is 36.4 Å². The van der Waals surface area contributed by atoms with Crippen LogP contribution in [0.25, 0.3) is 11.1 Å². The number of methoxy groups -OCH3 is 2. The van der Waals surface area contributed by atoms with Gasteiger partial charge in [0.2, 0.25) is 0 Å². The third-order valence-corrected chi connectivity index (χ3v) is 3.62. The van der Waals surface area contributed by atoms with Crippen LogP contribution in [0.2, 0.25) is 0 Å². The Hall–Kier alpha value is -2.62. The SMILES string of the molecule is COC(=O)c1cc(-c2cccc(C)c2C(=O)OC)ccc1C. The fraction of sp³-hybridized carbons (Fsp3) is 0.222. The Morgan fingerprint density at radius 3 is 2.18 bits per heavy atom. The Balaban J connectivity index is 2.65. The Bertz CT molecular complexity index is 732. The first-order valence-corrected chi connectivity index (χ1v) is 6.87. The van der Waals surface area contributed by atoms with Crippen molar-refractivity contribution in [3.8, 4) is 11.1 Å². The molecule has 0 N–H and O–H groups in total. The predicted octanol–water partition coefficient (Wildman–Crippen LogP) is 3.54. The van der Waals surface area contributed by atoms with Gasteiger partial charge in [0.25, 0.3) is 0 Å². The van der Waals surface area contributed by atoms with E-state index in [-0.39, 0.29) is 0 Å². The summed E-state index contributed by atoms with van der Waals surface area (Å²) < 4.78 is 9.67. The molecule has 2 aromatic rings. The maximum atomic E-state index is 12.1. The van der Waals surface area contributed by atoms with Crippen molar-refractivity contribution in [3.05, 3.63) is 58.7 Å². The maximum absolute atomic E-state index is 12.1. The zero-order chi connectivity index (χ0) is 16.3. The number of rotatable bonds is 3. The van der Waals surface area contributed by atoms with Gasteiger partial charge in [-0.05, 0) is 42.2 Å². The first kappa shape index (κ1) is 15.8. The Labute approximate surface area is 129 Å². The minimum atomic E-state index is -0.397. The van der Waals surface area contributed by atoms with Gasteiger partial charge in [0.1, 0.15) is 0 Å². The topological polar surface area (TPSA) is 52.6 Å². The molecule has 114 valence electrons. The lowest BCUT2D eigenvalue weighted by Gasteiger charge is -2.13. The van der Waals surface area contributed by atoms with Crippen LogP contribution in [-0.2, 0) is 9.47 Å². The first-order chi connectivity index (χ1) is 10.5. The number of ether oxygens (including phenoxy) is 2. The standard InChI is InChI=1S/C18H18O4/c1-11-8-9-13(10-15(11)17(19)21-3)14-7-5-6-12(2)16(14)18(20)22-4/h5-10H,1-4H3. The molecule has 0 aromatic heterocycles. The monoisotopic (exact) mass is 298 g/mol. The molecule has 0 amide bonds. The summed E-state index contributed by atoms with van der Waals surface area (Å²) in [5, 5.41) is 0. The lowest BCUT2D eigenvalue weighted by atomic mass is 9.93. The lowest BCUT2D eigenvalue weighted by Crippen LogP contribution is -2.07. The molecule has 4 heteroatoms. The highest BCUT2D eigenvalue weighted by Gasteiger charge is 2.18. The highest BCUT2D eigenvalue weighted by molar-refractivity contribution is 6.00. The minimum Gasteiger partial charge on any atom is -0.465 e. The van der Waals surface area contributed by atoms with Gasteiger partial charge < -0.3 is 9.47 Å². The number of carbonyl (C=O) groups excluding carboxylic acids is 2. The summed E-state index contributed by atoms with van der Waals surface area (Å²) in [5.41, 5.74) is 4.14. The van der Waals surface area contributed by atoms with Crippen LogP contribution in [0.4, 0.5) is 0 Å². The largest absolute Gasteiger partial charge is 0.465 e. The second-order valence-corrected chi connectivity index (χ2v) is 5.01. The highest BCUT2D eigenvalue weighted by atomic mass is 16.5. The summed E-state index contributed by atoms with van der Waals surface area (Å²) in [5.74, 6) is -0.792. The van der Waals surface area contributed by atoms with Crippen molar-refractivity contribution in [1.29, 1.82) is 0 Å². The number of esters is 2. The van der Waals surface area contributed by atoms with E-state index in [0.717, 1.165) is 22.3 Å². The summed E-state index contributed by atoms with van der Waals surface area (Å²) in [6, 6.07) is 11.0. The lowest BCUT2D eigenvalue weighted by molar-refractivity contribution is 0.0592. The summed E-state index contributed by atoms with van der Waals surface area (Å²) in [6.45, 7) is 3.69. The predicted molar refractivity (Wildman–Crippen MR) is 84.0 cm³/mol. The van der Waals surface area contributed by atoms with Gasteiger partial charge in [-0.1, -0.05) is 30.3 Å². The molecule has 0 aliphatic rings. The van der Waals surface area contributed by atoms with Crippen LogP contribution >= 0.6 is 0 Å². The van der Waals surface area contributed by atoms with Crippen molar-refractivity contribution in [2.45, 2.75) is 13.8 Å². The van der Waals surface area contributed by atoms with Gasteiger partial charge in [-0.3, -0.25) is 0 Å². The van der Waals surface area contributed by atoms with Crippen LogP contribution in [0.5, 0.6) is 0 Å². The van der Waals surface area contributed by atoms with Gasteiger partial charge in [-0.2, -0.15) is 0 Å². The van der Waals surface area contributed by atoms with E-state index in [4.69, 9.17) is 9.47 Å². The van der Waals surface area contributed by atoms with Gasteiger partial charge >= 0.3 is 11.9 Å². The van der Waals surface area contributed by atoms with E-state index >= 15 is 0 Å². The maximum Gasteiger partial charge on any atom is 0.338 e. The minimum absolute atomic E-state index is 0.395. The van der Waals surface area contributed by atoms with Gasteiger partial charge in [-0.25, -0.2) is 9.59 Å². The zero-order valence-electron chi connectivity index (χ0n) is 13.1. The number of carbonyl (C=O) groups is 2. The van der Waals surface area contributed by atoms with Gasteiger partial charge in [-0.15, -0.1) is 0 Å². The highest BCUT2D eigenvalue weighted by Crippen LogP contribution is 2.28. The Morgan fingerprint density at radius 1 is 0.864 bits per heavy atom. The third-order valence-electron chi connectivity index (χ3n) is 3.62. The molecule has 0 aliphatic heterocycles. The van der Waals surface area contributed by atoms with E-state index < -0.39 is 11.9 Å². The van der Waals surface area contributed by atoms with Crippen LogP contribution in [0.1, 0.15) is 31.8 Å². The molecule has 2 rings (SSSR count). The molecule has 0 bridgehead atoms. The van der Waals surface area contributed by atoms with Crippen molar-refractivity contribution in [3.63, 3.8) is 0 Å². The van der Waals surface area contributed by atoms with E-state index in [2.05, 4.69) is 0 Å². The smallest absolute Gasteiger partial charge is 0.338 e.